The summed E-state index contributed by atoms with van der Waals surface area (Å²) in [5.74, 6) is 0.543. The molecule has 8 heteroatoms. The Morgan fingerprint density at radius 3 is 2.65 bits per heavy atom. The van der Waals surface area contributed by atoms with Crippen LogP contribution >= 0.6 is 0 Å². The van der Waals surface area contributed by atoms with Gasteiger partial charge in [-0.1, -0.05) is 18.2 Å². The van der Waals surface area contributed by atoms with Crippen molar-refractivity contribution in [1.29, 1.82) is 0 Å². The molecular formula is C18H19N7O. The number of hydrazine groups is 1. The van der Waals surface area contributed by atoms with E-state index in [2.05, 4.69) is 25.8 Å². The van der Waals surface area contributed by atoms with E-state index in [1.807, 2.05) is 42.2 Å². The molecule has 0 saturated carbocycles. The number of para-hydroxylation sites is 1. The van der Waals surface area contributed by atoms with Crippen molar-refractivity contribution in [1.82, 2.24) is 20.4 Å². The van der Waals surface area contributed by atoms with Crippen LogP contribution < -0.4 is 21.5 Å². The van der Waals surface area contributed by atoms with Crippen LogP contribution in [0.15, 0.2) is 61.2 Å². The second-order valence-corrected chi connectivity index (χ2v) is 5.36. The number of carbonyl (C=O) groups excluding carboxylic acids is 1. The summed E-state index contributed by atoms with van der Waals surface area (Å²) >= 11 is 0. The zero-order valence-electron chi connectivity index (χ0n) is 14.3. The number of hydrogen-bond donors (Lipinski definition) is 3. The van der Waals surface area contributed by atoms with Crippen LogP contribution in [0.1, 0.15) is 17.3 Å². The van der Waals surface area contributed by atoms with E-state index in [9.17, 15) is 4.79 Å². The molecule has 0 bridgehead atoms. The highest BCUT2D eigenvalue weighted by Gasteiger charge is 2.16. The Labute approximate surface area is 151 Å². The molecule has 0 radical (unpaired) electrons. The molecule has 132 valence electrons. The summed E-state index contributed by atoms with van der Waals surface area (Å²) in [6, 6.07) is 13.1. The first-order valence-electron chi connectivity index (χ1n) is 8.10. The Balaban J connectivity index is 1.80. The molecule has 3 rings (SSSR count). The molecule has 4 N–H and O–H groups in total. The lowest BCUT2D eigenvalue weighted by atomic mass is 10.2. The number of carbonyl (C=O) groups is 1. The molecule has 0 unspecified atom stereocenters. The Morgan fingerprint density at radius 1 is 1.15 bits per heavy atom. The molecule has 2 heterocycles. The van der Waals surface area contributed by atoms with Gasteiger partial charge in [0.1, 0.15) is 12.0 Å². The van der Waals surface area contributed by atoms with Crippen molar-refractivity contribution in [3.05, 3.63) is 66.7 Å². The van der Waals surface area contributed by atoms with E-state index in [1.165, 1.54) is 12.5 Å². The number of aromatic nitrogens is 3. The van der Waals surface area contributed by atoms with Gasteiger partial charge in [0, 0.05) is 24.6 Å². The van der Waals surface area contributed by atoms with Crippen LogP contribution in [0.4, 0.5) is 23.0 Å². The van der Waals surface area contributed by atoms with Crippen molar-refractivity contribution in [3.8, 4) is 0 Å². The van der Waals surface area contributed by atoms with Crippen LogP contribution in [-0.4, -0.2) is 27.4 Å². The number of nitrogens with one attached hydrogen (secondary N) is 2. The highest BCUT2D eigenvalue weighted by Crippen LogP contribution is 2.31. The zero-order valence-corrected chi connectivity index (χ0v) is 14.3. The fourth-order valence-electron chi connectivity index (χ4n) is 2.45. The lowest BCUT2D eigenvalue weighted by Gasteiger charge is -2.24. The second-order valence-electron chi connectivity index (χ2n) is 5.36. The Kier molecular flexibility index (Phi) is 5.23. The standard InChI is InChI=1S/C18H19N7O/c1-2-25(14-8-4-3-5-9-14)17-15(19)16(21-12-22-17)23-24-18(26)13-7-6-10-20-11-13/h3-12H,2,19H2,1H3,(H,24,26)(H,21,22,23). The average Bonchev–Trinajstić information content (AvgIpc) is 2.70. The normalized spacial score (nSPS) is 10.2. The van der Waals surface area contributed by atoms with Crippen LogP contribution in [0, 0.1) is 0 Å². The summed E-state index contributed by atoms with van der Waals surface area (Å²) < 4.78 is 0. The summed E-state index contributed by atoms with van der Waals surface area (Å²) in [7, 11) is 0. The topological polar surface area (TPSA) is 109 Å². The van der Waals surface area contributed by atoms with E-state index in [4.69, 9.17) is 5.73 Å². The predicted octanol–water partition coefficient (Wildman–Crippen LogP) is 2.37. The number of hydrogen-bond acceptors (Lipinski definition) is 7. The van der Waals surface area contributed by atoms with Gasteiger partial charge in [-0.2, -0.15) is 0 Å². The van der Waals surface area contributed by atoms with Gasteiger partial charge in [0.25, 0.3) is 5.91 Å². The quantitative estimate of drug-likeness (QED) is 0.586. The third-order valence-electron chi connectivity index (χ3n) is 3.72. The van der Waals surface area contributed by atoms with Gasteiger partial charge < -0.3 is 10.6 Å². The lowest BCUT2D eigenvalue weighted by Crippen LogP contribution is -2.31. The van der Waals surface area contributed by atoms with Crippen molar-refractivity contribution in [2.45, 2.75) is 6.92 Å². The van der Waals surface area contributed by atoms with Crippen LogP contribution in [-0.2, 0) is 0 Å². The van der Waals surface area contributed by atoms with Gasteiger partial charge in [-0.15, -0.1) is 0 Å². The third-order valence-corrected chi connectivity index (χ3v) is 3.72. The highest BCUT2D eigenvalue weighted by atomic mass is 16.2. The van der Waals surface area contributed by atoms with E-state index in [0.29, 0.717) is 29.4 Å². The van der Waals surface area contributed by atoms with Gasteiger partial charge in [0.15, 0.2) is 11.6 Å². The Hall–Kier alpha value is -3.68. The minimum Gasteiger partial charge on any atom is -0.393 e. The fraction of sp³-hybridized carbons (Fsp3) is 0.111. The molecule has 8 nitrogen and oxygen atoms in total. The molecule has 26 heavy (non-hydrogen) atoms. The first-order valence-corrected chi connectivity index (χ1v) is 8.10. The molecule has 0 spiro atoms. The minimum atomic E-state index is -0.340. The SMILES string of the molecule is CCN(c1ccccc1)c1ncnc(NNC(=O)c2cccnc2)c1N. The van der Waals surface area contributed by atoms with E-state index in [1.54, 1.807) is 18.3 Å². The summed E-state index contributed by atoms with van der Waals surface area (Å²) in [6.45, 7) is 2.68. The Morgan fingerprint density at radius 2 is 1.96 bits per heavy atom. The zero-order chi connectivity index (χ0) is 18.4. The highest BCUT2D eigenvalue weighted by molar-refractivity contribution is 5.95. The number of rotatable bonds is 6. The van der Waals surface area contributed by atoms with Crippen molar-refractivity contribution in [3.63, 3.8) is 0 Å². The molecule has 1 amide bonds. The molecule has 0 aliphatic heterocycles. The third kappa shape index (κ3) is 3.69. The number of pyridine rings is 1. The molecular weight excluding hydrogens is 330 g/mol. The maximum absolute atomic E-state index is 12.1. The van der Waals surface area contributed by atoms with Gasteiger partial charge in [0.05, 0.1) is 5.56 Å². The summed E-state index contributed by atoms with van der Waals surface area (Å²) in [6.07, 6.45) is 4.47. The lowest BCUT2D eigenvalue weighted by molar-refractivity contribution is 0.0962. The number of nitrogens with zero attached hydrogens (tertiary/aromatic N) is 4. The Bertz CT molecular complexity index is 871. The van der Waals surface area contributed by atoms with Gasteiger partial charge in [0.2, 0.25) is 0 Å². The van der Waals surface area contributed by atoms with Crippen LogP contribution in [0.2, 0.25) is 0 Å². The molecule has 0 saturated heterocycles. The number of nitrogen functional groups attached to an aromatic ring is 1. The van der Waals surface area contributed by atoms with Crippen LogP contribution in [0.25, 0.3) is 0 Å². The molecule has 0 aliphatic rings. The number of amides is 1. The molecule has 0 aliphatic carbocycles. The molecule has 2 aromatic heterocycles. The molecule has 0 fully saturated rings. The fourth-order valence-corrected chi connectivity index (χ4v) is 2.45. The maximum atomic E-state index is 12.1. The molecule has 0 atom stereocenters. The largest absolute Gasteiger partial charge is 0.393 e. The minimum absolute atomic E-state index is 0.321. The predicted molar refractivity (Wildman–Crippen MR) is 101 cm³/mol. The first kappa shape index (κ1) is 17.2. The summed E-state index contributed by atoms with van der Waals surface area (Å²) in [5, 5.41) is 0. The number of anilines is 4. The number of benzene rings is 1. The van der Waals surface area contributed by atoms with Crippen molar-refractivity contribution >= 4 is 28.9 Å². The second kappa shape index (κ2) is 7.93. The van der Waals surface area contributed by atoms with Gasteiger partial charge in [-0.3, -0.25) is 20.6 Å². The van der Waals surface area contributed by atoms with Gasteiger partial charge in [-0.25, -0.2) is 9.97 Å². The van der Waals surface area contributed by atoms with Crippen LogP contribution in [0.5, 0.6) is 0 Å². The monoisotopic (exact) mass is 349 g/mol. The maximum Gasteiger partial charge on any atom is 0.271 e. The van der Waals surface area contributed by atoms with Gasteiger partial charge >= 0.3 is 0 Å². The first-order chi connectivity index (χ1) is 12.7. The van der Waals surface area contributed by atoms with E-state index in [0.717, 1.165) is 5.69 Å². The number of nitrogens with two attached hydrogens (primary N) is 1. The van der Waals surface area contributed by atoms with E-state index >= 15 is 0 Å². The van der Waals surface area contributed by atoms with Crippen molar-refractivity contribution in [2.24, 2.45) is 0 Å². The van der Waals surface area contributed by atoms with Crippen molar-refractivity contribution in [2.75, 3.05) is 22.6 Å². The smallest absolute Gasteiger partial charge is 0.271 e. The van der Waals surface area contributed by atoms with Crippen LogP contribution in [0.3, 0.4) is 0 Å². The van der Waals surface area contributed by atoms with E-state index in [-0.39, 0.29) is 5.91 Å². The summed E-state index contributed by atoms with van der Waals surface area (Å²) in [5.41, 5.74) is 13.3. The molecule has 1 aromatic carbocycles. The van der Waals surface area contributed by atoms with Gasteiger partial charge in [-0.05, 0) is 31.2 Å². The average molecular weight is 349 g/mol. The van der Waals surface area contributed by atoms with E-state index < -0.39 is 0 Å². The summed E-state index contributed by atoms with van der Waals surface area (Å²) in [4.78, 5) is 26.4. The molecule has 3 aromatic rings. The van der Waals surface area contributed by atoms with Crippen molar-refractivity contribution < 1.29 is 4.79 Å².